The summed E-state index contributed by atoms with van der Waals surface area (Å²) in [7, 11) is 1.68. The molecule has 0 spiro atoms. The highest BCUT2D eigenvalue weighted by atomic mass is 35.5. The lowest BCUT2D eigenvalue weighted by molar-refractivity contribution is -0.141. The van der Waals surface area contributed by atoms with Crippen LogP contribution in [0.25, 0.3) is 43.2 Å². The van der Waals surface area contributed by atoms with Gasteiger partial charge in [-0.2, -0.15) is 4.98 Å². The van der Waals surface area contributed by atoms with Gasteiger partial charge >= 0.3 is 0 Å². The summed E-state index contributed by atoms with van der Waals surface area (Å²) in [6, 6.07) is 18.6. The molecule has 7 aromatic rings. The Balaban J connectivity index is 0.670. The van der Waals surface area contributed by atoms with Gasteiger partial charge in [0.2, 0.25) is 29.6 Å². The van der Waals surface area contributed by atoms with E-state index < -0.39 is 23.9 Å². The summed E-state index contributed by atoms with van der Waals surface area (Å²) in [6.45, 7) is 16.1. The maximum absolute atomic E-state index is 17.0. The summed E-state index contributed by atoms with van der Waals surface area (Å²) in [5.41, 5.74) is 5.43. The highest BCUT2D eigenvalue weighted by molar-refractivity contribution is 7.13. The monoisotopic (exact) mass is 1260 g/mol. The number of benzene rings is 4. The Morgan fingerprint density at radius 3 is 2.29 bits per heavy atom. The number of thiazole rings is 1. The largest absolute Gasteiger partial charge is 0.508 e. The molecule has 9 rings (SSSR count). The van der Waals surface area contributed by atoms with Crippen LogP contribution >= 0.6 is 22.9 Å². The van der Waals surface area contributed by atoms with Crippen LogP contribution in [-0.4, -0.2) is 193 Å². The number of piperazine rings is 1. The van der Waals surface area contributed by atoms with Crippen molar-refractivity contribution in [3.8, 4) is 33.1 Å². The van der Waals surface area contributed by atoms with Crippen molar-refractivity contribution in [2.45, 2.75) is 65.1 Å². The zero-order valence-electron chi connectivity index (χ0n) is 50.7. The summed E-state index contributed by atoms with van der Waals surface area (Å²) in [4.78, 5) is 74.7. The fourth-order valence-electron chi connectivity index (χ4n) is 10.9. The van der Waals surface area contributed by atoms with Crippen LogP contribution < -0.4 is 20.3 Å². The van der Waals surface area contributed by atoms with Gasteiger partial charge in [-0.05, 0) is 72.0 Å². The van der Waals surface area contributed by atoms with Crippen molar-refractivity contribution >= 4 is 80.0 Å². The predicted molar refractivity (Wildman–Crippen MR) is 337 cm³/mol. The van der Waals surface area contributed by atoms with Gasteiger partial charge in [0.25, 0.3) is 0 Å². The average molecular weight is 1260 g/mol. The quantitative estimate of drug-likeness (QED) is 0.0246. The standard InChI is InChI=1S/C64H76ClFN10O12S/c1-7-54(79)74-16-18-75(19-17-74)61-49-35-50(65)57(48-33-45(77)31-42-10-8-9-11-47(42)48)58(66)59(49)70-64(71-61)67-15-14-55(80)73(6)20-21-83-22-23-84-24-25-85-26-27-86-28-29-87-52-32-43(60-41(5)69-38-89-60)12-13-44(52)36-68-62(81)51-34-46(78)37-76(51)63(82)56(39(2)3)53-30-40(4)72-88-53/h7-13,30-33,35,38-39,46,51,56,77-78H,1,14-29,34,36-37H2,2-6H3,(H,68,81)(H,67,70,71)/t46-,51+,56-/m1/s1. The summed E-state index contributed by atoms with van der Waals surface area (Å²) < 4.78 is 51.6. The third-order valence-electron chi connectivity index (χ3n) is 15.5. The van der Waals surface area contributed by atoms with Crippen LogP contribution in [0.3, 0.4) is 0 Å². The van der Waals surface area contributed by atoms with Crippen LogP contribution in [0.1, 0.15) is 55.3 Å². The number of likely N-dealkylation sites (tertiary alicyclic amines) is 1. The summed E-state index contributed by atoms with van der Waals surface area (Å²) in [5, 5.41) is 33.2. The van der Waals surface area contributed by atoms with E-state index in [0.29, 0.717) is 117 Å². The van der Waals surface area contributed by atoms with E-state index in [1.54, 1.807) is 47.5 Å². The van der Waals surface area contributed by atoms with Gasteiger partial charge in [-0.3, -0.25) is 19.2 Å². The van der Waals surface area contributed by atoms with Crippen LogP contribution in [0.4, 0.5) is 16.2 Å². The molecule has 4 amide bonds. The minimum absolute atomic E-state index is 0.0000687. The zero-order valence-corrected chi connectivity index (χ0v) is 52.2. The van der Waals surface area contributed by atoms with Crippen LogP contribution in [0, 0.1) is 25.6 Å². The number of halogens is 2. The second-order valence-electron chi connectivity index (χ2n) is 22.1. The lowest BCUT2D eigenvalue weighted by Gasteiger charge is -2.35. The highest BCUT2D eigenvalue weighted by Crippen LogP contribution is 2.43. The molecule has 2 fully saturated rings. The minimum atomic E-state index is -0.874. The molecule has 2 aliphatic heterocycles. The molecule has 2 saturated heterocycles. The average Bonchev–Trinajstić information content (AvgIpc) is 1.96. The molecule has 4 N–H and O–H groups in total. The van der Waals surface area contributed by atoms with Gasteiger partial charge in [0.15, 0.2) is 5.82 Å². The Morgan fingerprint density at radius 1 is 0.910 bits per heavy atom. The number of nitrogens with zero attached hydrogens (tertiary/aromatic N) is 8. The van der Waals surface area contributed by atoms with Crippen molar-refractivity contribution in [3.63, 3.8) is 0 Å². The number of carbonyl (C=O) groups excluding carboxylic acids is 4. The number of fused-ring (bicyclic) bond motifs is 2. The van der Waals surface area contributed by atoms with Crippen molar-refractivity contribution < 1.29 is 62.0 Å². The first-order valence-corrected chi connectivity index (χ1v) is 31.0. The number of aryl methyl sites for hydroxylation is 2. The number of likely N-dealkylation sites (N-methyl/N-ethyl adjacent to an activating group) is 1. The maximum atomic E-state index is 17.0. The Kier molecular flexibility index (Phi) is 22.9. The molecule has 25 heteroatoms. The van der Waals surface area contributed by atoms with Crippen LogP contribution in [0.5, 0.6) is 11.5 Å². The maximum Gasteiger partial charge on any atom is 0.246 e. The molecule has 0 aliphatic carbocycles. The highest BCUT2D eigenvalue weighted by Gasteiger charge is 2.43. The molecular weight excluding hydrogens is 1190 g/mol. The van der Waals surface area contributed by atoms with Gasteiger partial charge in [-0.25, -0.2) is 14.4 Å². The lowest BCUT2D eigenvalue weighted by atomic mass is 9.91. The molecule has 3 atom stereocenters. The van der Waals surface area contributed by atoms with Crippen LogP contribution in [0.15, 0.2) is 89.4 Å². The number of aliphatic hydroxyl groups is 1. The van der Waals surface area contributed by atoms with E-state index in [9.17, 15) is 29.4 Å². The van der Waals surface area contributed by atoms with E-state index in [2.05, 4.69) is 32.3 Å². The molecule has 5 heterocycles. The third-order valence-corrected chi connectivity index (χ3v) is 16.8. The van der Waals surface area contributed by atoms with E-state index in [1.807, 2.05) is 68.1 Å². The molecule has 4 aromatic carbocycles. The van der Waals surface area contributed by atoms with Crippen molar-refractivity contribution in [3.05, 3.63) is 118 Å². The van der Waals surface area contributed by atoms with Crippen LogP contribution in [0.2, 0.25) is 5.02 Å². The van der Waals surface area contributed by atoms with Gasteiger partial charge in [0.05, 0.1) is 85.8 Å². The first-order chi connectivity index (χ1) is 43.0. The summed E-state index contributed by atoms with van der Waals surface area (Å²) in [6.07, 6.45) is 0.613. The number of ether oxygens (including phenoxy) is 5. The summed E-state index contributed by atoms with van der Waals surface area (Å²) in [5.74, 6) is -1.07. The number of rotatable bonds is 30. The van der Waals surface area contributed by atoms with Gasteiger partial charge in [0, 0.05) is 94.8 Å². The van der Waals surface area contributed by atoms with E-state index in [1.165, 1.54) is 28.4 Å². The first kappa shape index (κ1) is 65.6. The number of nitrogens with one attached hydrogen (secondary N) is 2. The molecular formula is C64H76ClFN10O12S. The van der Waals surface area contributed by atoms with E-state index in [4.69, 9.17) is 44.8 Å². The number of hydrogen-bond acceptors (Lipinski definition) is 19. The first-order valence-electron chi connectivity index (χ1n) is 29.7. The number of aromatic hydroxyl groups is 1. The van der Waals surface area contributed by atoms with Crippen molar-refractivity contribution in [2.75, 3.05) is 123 Å². The topological polar surface area (TPSA) is 257 Å². The third kappa shape index (κ3) is 16.5. The van der Waals surface area contributed by atoms with Crippen LogP contribution in [-0.2, 0) is 44.7 Å². The second kappa shape index (κ2) is 31.1. The Bertz CT molecular complexity index is 3620. The van der Waals surface area contributed by atoms with Crippen molar-refractivity contribution in [1.29, 1.82) is 0 Å². The Morgan fingerprint density at radius 2 is 1.62 bits per heavy atom. The minimum Gasteiger partial charge on any atom is -0.508 e. The number of hydrogen-bond donors (Lipinski definition) is 4. The number of β-amino-alcohol motifs (C(OH)–C–C–N with tert-alkyl or cyclic N) is 1. The fourth-order valence-corrected chi connectivity index (χ4v) is 12.0. The number of phenolic OH excluding ortho intramolecular Hbond substituents is 1. The number of amides is 4. The fraction of sp³-hybridized carbons (Fsp3) is 0.438. The van der Waals surface area contributed by atoms with Gasteiger partial charge < -0.3 is 68.7 Å². The van der Waals surface area contributed by atoms with Crippen molar-refractivity contribution in [1.82, 2.24) is 40.1 Å². The molecule has 0 unspecified atom stereocenters. The molecule has 22 nitrogen and oxygen atoms in total. The molecule has 474 valence electrons. The Hall–Kier alpha value is -7.84. The molecule has 89 heavy (non-hydrogen) atoms. The Labute approximate surface area is 524 Å². The van der Waals surface area contributed by atoms with Crippen molar-refractivity contribution in [2.24, 2.45) is 5.92 Å². The van der Waals surface area contributed by atoms with Gasteiger partial charge in [-0.15, -0.1) is 11.3 Å². The van der Waals surface area contributed by atoms with E-state index >= 15 is 4.39 Å². The normalized spacial score (nSPS) is 15.5. The SMILES string of the molecule is C=CC(=O)N1CCN(c2nc(NCCC(=O)N(C)CCOCCOCCOCCOCCOc3cc(-c4scnc4C)ccc3CNC(=O)[C@@H]3C[C@@H](O)CN3C(=O)[C@@H](c3cc(C)no3)C(C)C)nc3c(F)c(-c4cc(O)cc5ccccc45)c(Cl)cc23)CC1. The van der Waals surface area contributed by atoms with E-state index in [-0.39, 0.29) is 110 Å². The number of aliphatic hydroxyl groups excluding tert-OH is 1. The number of phenols is 1. The van der Waals surface area contributed by atoms with E-state index in [0.717, 1.165) is 21.7 Å². The molecule has 0 radical (unpaired) electrons. The second-order valence-corrected chi connectivity index (χ2v) is 23.4. The molecule has 2 aliphatic rings. The smallest absolute Gasteiger partial charge is 0.246 e. The predicted octanol–water partition coefficient (Wildman–Crippen LogP) is 7.93. The number of aromatic nitrogens is 4. The lowest BCUT2D eigenvalue weighted by Crippen LogP contribution is -2.48. The number of carbonyl (C=O) groups is 4. The summed E-state index contributed by atoms with van der Waals surface area (Å²) >= 11 is 8.41. The molecule has 0 saturated carbocycles. The molecule has 3 aromatic heterocycles. The number of anilines is 2. The van der Waals surface area contributed by atoms with Gasteiger partial charge in [0.1, 0.15) is 47.2 Å². The van der Waals surface area contributed by atoms with Gasteiger partial charge in [-0.1, -0.05) is 73.6 Å². The molecule has 0 bridgehead atoms. The zero-order chi connectivity index (χ0) is 63.1.